The van der Waals surface area contributed by atoms with Gasteiger partial charge in [0.2, 0.25) is 5.91 Å². The number of amides is 1. The molecular weight excluding hydrogens is 232 g/mol. The van der Waals surface area contributed by atoms with Crippen LogP contribution < -0.4 is 11.1 Å². The van der Waals surface area contributed by atoms with Gasteiger partial charge in [-0.15, -0.1) is 0 Å². The van der Waals surface area contributed by atoms with Crippen molar-refractivity contribution in [3.63, 3.8) is 0 Å². The molecule has 3 N–H and O–H groups in total. The van der Waals surface area contributed by atoms with Crippen molar-refractivity contribution in [1.29, 1.82) is 0 Å². The van der Waals surface area contributed by atoms with Crippen LogP contribution in [0.25, 0.3) is 0 Å². The summed E-state index contributed by atoms with van der Waals surface area (Å²) in [7, 11) is 0. The van der Waals surface area contributed by atoms with Gasteiger partial charge in [-0.3, -0.25) is 4.79 Å². The fraction of sp³-hybridized carbons (Fsp3) is 0.462. The Hall–Kier alpha value is -1.000. The number of hydrogen-bond acceptors (Lipinski definition) is 3. The van der Waals surface area contributed by atoms with Crippen molar-refractivity contribution in [1.82, 2.24) is 0 Å². The van der Waals surface area contributed by atoms with Gasteiger partial charge in [-0.2, -0.15) is 11.8 Å². The molecule has 0 aromatic heterocycles. The van der Waals surface area contributed by atoms with Gasteiger partial charge in [-0.25, -0.2) is 0 Å². The first kappa shape index (κ1) is 14.1. The SMILES string of the molecule is CC(C)c1ccccc1NC(=O)CSCCN. The third-order valence-electron chi connectivity index (χ3n) is 2.35. The highest BCUT2D eigenvalue weighted by molar-refractivity contribution is 7.99. The third-order valence-corrected chi connectivity index (χ3v) is 3.34. The first-order chi connectivity index (χ1) is 8.15. The molecule has 1 amide bonds. The number of anilines is 1. The van der Waals surface area contributed by atoms with Crippen LogP contribution in [-0.4, -0.2) is 24.0 Å². The smallest absolute Gasteiger partial charge is 0.234 e. The van der Waals surface area contributed by atoms with E-state index in [1.807, 2.05) is 24.3 Å². The Morgan fingerprint density at radius 2 is 2.12 bits per heavy atom. The second kappa shape index (κ2) is 7.35. The Balaban J connectivity index is 2.58. The number of nitrogens with two attached hydrogens (primary N) is 1. The maximum atomic E-state index is 11.7. The van der Waals surface area contributed by atoms with E-state index in [1.54, 1.807) is 11.8 Å². The zero-order valence-electron chi connectivity index (χ0n) is 10.4. The first-order valence-electron chi connectivity index (χ1n) is 5.81. The number of thioether (sulfide) groups is 1. The van der Waals surface area contributed by atoms with E-state index in [4.69, 9.17) is 5.73 Å². The summed E-state index contributed by atoms with van der Waals surface area (Å²) in [5, 5.41) is 2.95. The monoisotopic (exact) mass is 252 g/mol. The van der Waals surface area contributed by atoms with Gasteiger partial charge in [0, 0.05) is 18.0 Å². The summed E-state index contributed by atoms with van der Waals surface area (Å²) in [5.74, 6) is 1.72. The van der Waals surface area contributed by atoms with Crippen LogP contribution in [0.3, 0.4) is 0 Å². The van der Waals surface area contributed by atoms with E-state index in [0.29, 0.717) is 18.2 Å². The van der Waals surface area contributed by atoms with E-state index >= 15 is 0 Å². The average Bonchev–Trinajstić information content (AvgIpc) is 2.29. The van der Waals surface area contributed by atoms with Gasteiger partial charge in [0.05, 0.1) is 5.75 Å². The molecule has 4 heteroatoms. The second-order valence-electron chi connectivity index (χ2n) is 4.13. The second-order valence-corrected chi connectivity index (χ2v) is 5.24. The van der Waals surface area contributed by atoms with E-state index < -0.39 is 0 Å². The number of hydrogen-bond donors (Lipinski definition) is 2. The summed E-state index contributed by atoms with van der Waals surface area (Å²) >= 11 is 1.56. The zero-order chi connectivity index (χ0) is 12.7. The molecule has 0 spiro atoms. The van der Waals surface area contributed by atoms with Gasteiger partial charge in [0.25, 0.3) is 0 Å². The maximum absolute atomic E-state index is 11.7. The first-order valence-corrected chi connectivity index (χ1v) is 6.97. The summed E-state index contributed by atoms with van der Waals surface area (Å²) < 4.78 is 0. The van der Waals surface area contributed by atoms with Gasteiger partial charge in [-0.1, -0.05) is 32.0 Å². The minimum absolute atomic E-state index is 0.0385. The lowest BCUT2D eigenvalue weighted by Crippen LogP contribution is -2.16. The summed E-state index contributed by atoms with van der Waals surface area (Å²) in [6, 6.07) is 7.93. The molecule has 0 saturated heterocycles. The van der Waals surface area contributed by atoms with Crippen molar-refractivity contribution in [2.75, 3.05) is 23.4 Å². The molecule has 17 heavy (non-hydrogen) atoms. The molecule has 0 radical (unpaired) electrons. The minimum atomic E-state index is 0.0385. The van der Waals surface area contributed by atoms with Crippen molar-refractivity contribution in [2.45, 2.75) is 19.8 Å². The quantitative estimate of drug-likeness (QED) is 0.765. The Morgan fingerprint density at radius 1 is 1.41 bits per heavy atom. The molecule has 0 aliphatic carbocycles. The van der Waals surface area contributed by atoms with Crippen LogP contribution in [0.1, 0.15) is 25.3 Å². The van der Waals surface area contributed by atoms with Crippen LogP contribution in [0.4, 0.5) is 5.69 Å². The lowest BCUT2D eigenvalue weighted by atomic mass is 10.0. The highest BCUT2D eigenvalue weighted by Gasteiger charge is 2.08. The van der Waals surface area contributed by atoms with Gasteiger partial charge in [0.15, 0.2) is 0 Å². The van der Waals surface area contributed by atoms with Crippen molar-refractivity contribution in [3.05, 3.63) is 29.8 Å². The summed E-state index contributed by atoms with van der Waals surface area (Å²) in [4.78, 5) is 11.7. The molecule has 0 atom stereocenters. The van der Waals surface area contributed by atoms with Crippen LogP contribution in [0.2, 0.25) is 0 Å². The fourth-order valence-electron chi connectivity index (χ4n) is 1.55. The van der Waals surface area contributed by atoms with Gasteiger partial charge in [-0.05, 0) is 17.5 Å². The summed E-state index contributed by atoms with van der Waals surface area (Å²) in [5.41, 5.74) is 7.47. The van der Waals surface area contributed by atoms with Crippen molar-refractivity contribution < 1.29 is 4.79 Å². The average molecular weight is 252 g/mol. The largest absolute Gasteiger partial charge is 0.330 e. The Bertz CT molecular complexity index is 366. The van der Waals surface area contributed by atoms with Crippen molar-refractivity contribution in [2.24, 2.45) is 5.73 Å². The standard InChI is InChI=1S/C13H20N2OS/c1-10(2)11-5-3-4-6-12(11)15-13(16)9-17-8-7-14/h3-6,10H,7-9,14H2,1-2H3,(H,15,16). The van der Waals surface area contributed by atoms with E-state index in [1.165, 1.54) is 5.56 Å². The predicted molar refractivity (Wildman–Crippen MR) is 75.5 cm³/mol. The van der Waals surface area contributed by atoms with Crippen molar-refractivity contribution in [3.8, 4) is 0 Å². The number of para-hydroxylation sites is 1. The Morgan fingerprint density at radius 3 is 2.76 bits per heavy atom. The molecule has 0 aliphatic rings. The molecule has 3 nitrogen and oxygen atoms in total. The highest BCUT2D eigenvalue weighted by atomic mass is 32.2. The number of carbonyl (C=O) groups is 1. The van der Waals surface area contributed by atoms with Crippen LogP contribution in [-0.2, 0) is 4.79 Å². The maximum Gasteiger partial charge on any atom is 0.234 e. The van der Waals surface area contributed by atoms with Gasteiger partial charge in [0.1, 0.15) is 0 Å². The predicted octanol–water partition coefficient (Wildman–Crippen LogP) is 2.44. The number of rotatable bonds is 6. The molecule has 0 unspecified atom stereocenters. The summed E-state index contributed by atoms with van der Waals surface area (Å²) in [6.45, 7) is 4.85. The van der Waals surface area contributed by atoms with E-state index in [2.05, 4.69) is 19.2 Å². The van der Waals surface area contributed by atoms with Crippen molar-refractivity contribution >= 4 is 23.4 Å². The molecule has 0 bridgehead atoms. The number of benzene rings is 1. The van der Waals surface area contributed by atoms with Crippen LogP contribution in [0.5, 0.6) is 0 Å². The summed E-state index contributed by atoms with van der Waals surface area (Å²) in [6.07, 6.45) is 0. The van der Waals surface area contributed by atoms with E-state index in [-0.39, 0.29) is 5.91 Å². The number of nitrogens with one attached hydrogen (secondary N) is 1. The third kappa shape index (κ3) is 4.79. The van der Waals surface area contributed by atoms with Gasteiger partial charge < -0.3 is 11.1 Å². The highest BCUT2D eigenvalue weighted by Crippen LogP contribution is 2.23. The molecular formula is C13H20N2OS. The Labute approximate surface area is 107 Å². The zero-order valence-corrected chi connectivity index (χ0v) is 11.2. The molecule has 1 rings (SSSR count). The molecule has 1 aromatic carbocycles. The molecule has 0 heterocycles. The molecule has 0 saturated carbocycles. The molecule has 94 valence electrons. The normalized spacial score (nSPS) is 10.6. The topological polar surface area (TPSA) is 55.1 Å². The van der Waals surface area contributed by atoms with E-state index in [0.717, 1.165) is 11.4 Å². The molecule has 0 aliphatic heterocycles. The fourth-order valence-corrected chi connectivity index (χ4v) is 2.12. The molecule has 0 fully saturated rings. The van der Waals surface area contributed by atoms with Gasteiger partial charge >= 0.3 is 0 Å². The number of carbonyl (C=O) groups excluding carboxylic acids is 1. The molecule has 1 aromatic rings. The Kier molecular flexibility index (Phi) is 6.08. The minimum Gasteiger partial charge on any atom is -0.330 e. The lowest BCUT2D eigenvalue weighted by molar-refractivity contribution is -0.113. The lowest BCUT2D eigenvalue weighted by Gasteiger charge is -2.13. The van der Waals surface area contributed by atoms with Crippen LogP contribution in [0, 0.1) is 0 Å². The van der Waals surface area contributed by atoms with Crippen LogP contribution in [0.15, 0.2) is 24.3 Å². The van der Waals surface area contributed by atoms with E-state index in [9.17, 15) is 4.79 Å². The van der Waals surface area contributed by atoms with Crippen LogP contribution >= 0.6 is 11.8 Å².